The number of likely N-dealkylation sites (N-methyl/N-ethyl adjacent to an activating group) is 1. The Bertz CT molecular complexity index is 473. The van der Waals surface area contributed by atoms with Crippen LogP contribution in [-0.2, 0) is 0 Å². The Kier molecular flexibility index (Phi) is 5.56. The van der Waals surface area contributed by atoms with Gasteiger partial charge < -0.3 is 10.6 Å². The molecule has 1 unspecified atom stereocenters. The van der Waals surface area contributed by atoms with E-state index in [0.717, 1.165) is 18.7 Å². The van der Waals surface area contributed by atoms with Gasteiger partial charge in [0.1, 0.15) is 5.69 Å². The summed E-state index contributed by atoms with van der Waals surface area (Å²) in [7, 11) is 2.13. The van der Waals surface area contributed by atoms with Crippen molar-refractivity contribution < 1.29 is 4.79 Å². The molecule has 1 aliphatic rings. The Balaban J connectivity index is 1.84. The molecule has 1 atom stereocenters. The first-order chi connectivity index (χ1) is 10.1. The predicted octanol–water partition coefficient (Wildman–Crippen LogP) is 2.12. The van der Waals surface area contributed by atoms with Crippen molar-refractivity contribution in [1.29, 1.82) is 0 Å². The molecule has 1 heterocycles. The third-order valence-corrected chi connectivity index (χ3v) is 3.95. The summed E-state index contributed by atoms with van der Waals surface area (Å²) >= 11 is 0. The number of hydrogen-bond acceptors (Lipinski definition) is 4. The maximum absolute atomic E-state index is 12.2. The summed E-state index contributed by atoms with van der Waals surface area (Å²) in [6.45, 7) is 5.80. The first kappa shape index (κ1) is 15.8. The van der Waals surface area contributed by atoms with Crippen molar-refractivity contribution in [2.75, 3.05) is 25.5 Å². The molecule has 1 aliphatic carbocycles. The summed E-state index contributed by atoms with van der Waals surface area (Å²) in [4.78, 5) is 18.7. The second-order valence-corrected chi connectivity index (χ2v) is 5.81. The van der Waals surface area contributed by atoms with Gasteiger partial charge in [-0.05, 0) is 45.4 Å². The van der Waals surface area contributed by atoms with E-state index in [2.05, 4.69) is 41.4 Å². The van der Waals surface area contributed by atoms with E-state index < -0.39 is 0 Å². The largest absolute Gasteiger partial charge is 0.385 e. The highest BCUT2D eigenvalue weighted by molar-refractivity contribution is 5.93. The van der Waals surface area contributed by atoms with Gasteiger partial charge in [0.05, 0.1) is 0 Å². The average Bonchev–Trinajstić information content (AvgIpc) is 3.34. The smallest absolute Gasteiger partial charge is 0.270 e. The van der Waals surface area contributed by atoms with E-state index in [9.17, 15) is 4.79 Å². The Hall–Kier alpha value is -1.62. The molecule has 116 valence electrons. The predicted molar refractivity (Wildman–Crippen MR) is 85.6 cm³/mol. The zero-order valence-corrected chi connectivity index (χ0v) is 13.2. The van der Waals surface area contributed by atoms with Crippen LogP contribution in [0.15, 0.2) is 18.3 Å². The zero-order valence-electron chi connectivity index (χ0n) is 13.2. The molecule has 1 saturated carbocycles. The fourth-order valence-electron chi connectivity index (χ4n) is 2.25. The quantitative estimate of drug-likeness (QED) is 0.770. The van der Waals surface area contributed by atoms with Crippen molar-refractivity contribution in [2.45, 2.75) is 45.2 Å². The summed E-state index contributed by atoms with van der Waals surface area (Å²) in [6, 6.07) is 4.75. The van der Waals surface area contributed by atoms with Crippen molar-refractivity contribution in [3.63, 3.8) is 0 Å². The van der Waals surface area contributed by atoms with Crippen molar-refractivity contribution in [1.82, 2.24) is 15.2 Å². The molecule has 0 saturated heterocycles. The molecular weight excluding hydrogens is 264 g/mol. The lowest BCUT2D eigenvalue weighted by Gasteiger charge is -2.24. The topological polar surface area (TPSA) is 57.3 Å². The van der Waals surface area contributed by atoms with Gasteiger partial charge >= 0.3 is 0 Å². The van der Waals surface area contributed by atoms with Gasteiger partial charge in [-0.3, -0.25) is 14.7 Å². The van der Waals surface area contributed by atoms with Crippen LogP contribution in [0.4, 0.5) is 5.69 Å². The molecule has 21 heavy (non-hydrogen) atoms. The van der Waals surface area contributed by atoms with Crippen LogP contribution in [0.2, 0.25) is 0 Å². The molecule has 5 heteroatoms. The van der Waals surface area contributed by atoms with Crippen LogP contribution in [0.3, 0.4) is 0 Å². The molecule has 1 aromatic rings. The lowest BCUT2D eigenvalue weighted by atomic mass is 10.2. The molecule has 0 bridgehead atoms. The number of pyridine rings is 1. The van der Waals surface area contributed by atoms with Gasteiger partial charge in [-0.1, -0.05) is 6.92 Å². The number of amides is 1. The lowest BCUT2D eigenvalue weighted by Crippen LogP contribution is -2.41. The molecular formula is C16H26N4O. The number of nitrogens with zero attached hydrogens (tertiary/aromatic N) is 2. The molecule has 2 N–H and O–H groups in total. The van der Waals surface area contributed by atoms with Crippen molar-refractivity contribution in [3.05, 3.63) is 24.0 Å². The summed E-state index contributed by atoms with van der Waals surface area (Å²) in [5, 5.41) is 6.24. The standard InChI is InChI=1S/C16H26N4O/c1-4-8-17-13-7-9-18-15(10-13)16(21)19-11-12(2)20(3)14-5-6-14/h7,9-10,12,14H,4-6,8,11H2,1-3H3,(H,17,18)(H,19,21). The molecule has 0 radical (unpaired) electrons. The van der Waals surface area contributed by atoms with E-state index in [1.54, 1.807) is 12.3 Å². The maximum atomic E-state index is 12.2. The number of carbonyl (C=O) groups is 1. The maximum Gasteiger partial charge on any atom is 0.270 e. The van der Waals surface area contributed by atoms with Gasteiger partial charge in [0.25, 0.3) is 5.91 Å². The third kappa shape index (κ3) is 4.70. The number of hydrogen-bond donors (Lipinski definition) is 2. The second-order valence-electron chi connectivity index (χ2n) is 5.81. The Morgan fingerprint density at radius 1 is 1.52 bits per heavy atom. The molecule has 0 spiro atoms. The van der Waals surface area contributed by atoms with E-state index in [4.69, 9.17) is 0 Å². The highest BCUT2D eigenvalue weighted by atomic mass is 16.1. The van der Waals surface area contributed by atoms with Crippen LogP contribution in [0, 0.1) is 0 Å². The van der Waals surface area contributed by atoms with Gasteiger partial charge in [0.15, 0.2) is 0 Å². The van der Waals surface area contributed by atoms with Gasteiger partial charge in [0, 0.05) is 37.1 Å². The van der Waals surface area contributed by atoms with Crippen LogP contribution >= 0.6 is 0 Å². The number of anilines is 1. The van der Waals surface area contributed by atoms with Gasteiger partial charge in [-0.25, -0.2) is 0 Å². The van der Waals surface area contributed by atoms with E-state index in [-0.39, 0.29) is 5.91 Å². The number of rotatable bonds is 8. The van der Waals surface area contributed by atoms with E-state index in [0.29, 0.717) is 24.3 Å². The number of aromatic nitrogens is 1. The monoisotopic (exact) mass is 290 g/mol. The average molecular weight is 290 g/mol. The number of nitrogens with one attached hydrogen (secondary N) is 2. The first-order valence-corrected chi connectivity index (χ1v) is 7.82. The lowest BCUT2D eigenvalue weighted by molar-refractivity contribution is 0.0934. The zero-order chi connectivity index (χ0) is 15.2. The minimum absolute atomic E-state index is 0.105. The second kappa shape index (κ2) is 7.41. The Morgan fingerprint density at radius 3 is 2.95 bits per heavy atom. The molecule has 1 fully saturated rings. The van der Waals surface area contributed by atoms with Crippen LogP contribution in [-0.4, -0.2) is 48.0 Å². The summed E-state index contributed by atoms with van der Waals surface area (Å²) in [5.74, 6) is -0.105. The molecule has 1 amide bonds. The van der Waals surface area contributed by atoms with Crippen LogP contribution < -0.4 is 10.6 Å². The highest BCUT2D eigenvalue weighted by Crippen LogP contribution is 2.26. The SMILES string of the molecule is CCCNc1ccnc(C(=O)NCC(C)N(C)C2CC2)c1. The van der Waals surface area contributed by atoms with Crippen LogP contribution in [0.25, 0.3) is 0 Å². The van der Waals surface area contributed by atoms with Crippen LogP contribution in [0.1, 0.15) is 43.6 Å². The molecule has 2 rings (SSSR count). The van der Waals surface area contributed by atoms with Crippen molar-refractivity contribution in [2.24, 2.45) is 0 Å². The Labute approximate surface area is 127 Å². The fourth-order valence-corrected chi connectivity index (χ4v) is 2.25. The molecule has 5 nitrogen and oxygen atoms in total. The minimum atomic E-state index is -0.105. The summed E-state index contributed by atoms with van der Waals surface area (Å²) < 4.78 is 0. The normalized spacial score (nSPS) is 15.8. The highest BCUT2D eigenvalue weighted by Gasteiger charge is 2.29. The van der Waals surface area contributed by atoms with Gasteiger partial charge in [-0.15, -0.1) is 0 Å². The first-order valence-electron chi connectivity index (χ1n) is 7.82. The van der Waals surface area contributed by atoms with E-state index in [1.165, 1.54) is 12.8 Å². The van der Waals surface area contributed by atoms with Crippen molar-refractivity contribution in [3.8, 4) is 0 Å². The molecule has 0 aliphatic heterocycles. The van der Waals surface area contributed by atoms with Crippen molar-refractivity contribution >= 4 is 11.6 Å². The molecule has 1 aromatic heterocycles. The van der Waals surface area contributed by atoms with E-state index in [1.807, 2.05) is 6.07 Å². The van der Waals surface area contributed by atoms with E-state index >= 15 is 0 Å². The Morgan fingerprint density at radius 2 is 2.29 bits per heavy atom. The van der Waals surface area contributed by atoms with Gasteiger partial charge in [-0.2, -0.15) is 0 Å². The number of carbonyl (C=O) groups excluding carboxylic acids is 1. The summed E-state index contributed by atoms with van der Waals surface area (Å²) in [5.41, 5.74) is 1.41. The summed E-state index contributed by atoms with van der Waals surface area (Å²) in [6.07, 6.45) is 5.28. The van der Waals surface area contributed by atoms with Crippen LogP contribution in [0.5, 0.6) is 0 Å². The minimum Gasteiger partial charge on any atom is -0.385 e. The molecule has 0 aromatic carbocycles. The fraction of sp³-hybridized carbons (Fsp3) is 0.625. The van der Waals surface area contributed by atoms with Gasteiger partial charge in [0.2, 0.25) is 0 Å². The third-order valence-electron chi connectivity index (χ3n) is 3.95.